The first-order valence-corrected chi connectivity index (χ1v) is 11.6. The van der Waals surface area contributed by atoms with Crippen molar-refractivity contribution in [2.75, 3.05) is 5.75 Å². The average Bonchev–Trinajstić information content (AvgIpc) is 3.34. The zero-order valence-corrected chi connectivity index (χ0v) is 16.8. The molecule has 0 aromatic carbocycles. The van der Waals surface area contributed by atoms with E-state index in [0.717, 1.165) is 54.5 Å². The van der Waals surface area contributed by atoms with Gasteiger partial charge in [0.1, 0.15) is 5.82 Å². The lowest BCUT2D eigenvalue weighted by Gasteiger charge is -2.56. The van der Waals surface area contributed by atoms with Crippen molar-refractivity contribution >= 4 is 17.7 Å². The molecule has 6 rings (SSSR count). The Morgan fingerprint density at radius 1 is 1.19 bits per heavy atom. The lowest BCUT2D eigenvalue weighted by Crippen LogP contribution is -2.47. The standard InChI is InChI=1S/C21H30N4OS/c1-2-5-25-18(23-24-20(25)27-13-19(26)22-17-3-4-17)12-21-9-14-6-15(10-21)8-16(7-14)11-21/h2,14-17H,1,3-13H2,(H,22,26). The van der Waals surface area contributed by atoms with Crippen LogP contribution in [0.3, 0.4) is 0 Å². The van der Waals surface area contributed by atoms with Crippen LogP contribution in [0, 0.1) is 23.2 Å². The molecule has 146 valence electrons. The second kappa shape index (κ2) is 6.94. The zero-order valence-electron chi connectivity index (χ0n) is 16.0. The molecule has 6 heteroatoms. The summed E-state index contributed by atoms with van der Waals surface area (Å²) in [6.45, 7) is 4.65. The highest BCUT2D eigenvalue weighted by molar-refractivity contribution is 7.99. The van der Waals surface area contributed by atoms with Gasteiger partial charge in [-0.15, -0.1) is 16.8 Å². The van der Waals surface area contributed by atoms with Gasteiger partial charge in [0, 0.05) is 19.0 Å². The number of hydrogen-bond acceptors (Lipinski definition) is 4. The van der Waals surface area contributed by atoms with Crippen LogP contribution < -0.4 is 5.32 Å². The lowest BCUT2D eigenvalue weighted by atomic mass is 9.49. The molecule has 0 spiro atoms. The molecule has 1 heterocycles. The van der Waals surface area contributed by atoms with E-state index in [1.165, 1.54) is 50.3 Å². The Kier molecular flexibility index (Phi) is 4.57. The minimum absolute atomic E-state index is 0.110. The maximum atomic E-state index is 12.0. The van der Waals surface area contributed by atoms with Gasteiger partial charge >= 0.3 is 0 Å². The summed E-state index contributed by atoms with van der Waals surface area (Å²) in [5, 5.41) is 12.9. The molecule has 27 heavy (non-hydrogen) atoms. The fraction of sp³-hybridized carbons (Fsp3) is 0.762. The summed E-state index contributed by atoms with van der Waals surface area (Å²) >= 11 is 1.51. The highest BCUT2D eigenvalue weighted by Crippen LogP contribution is 2.61. The summed E-state index contributed by atoms with van der Waals surface area (Å²) in [5.74, 6) is 4.48. The lowest BCUT2D eigenvalue weighted by molar-refractivity contribution is -0.118. The molecular weight excluding hydrogens is 356 g/mol. The van der Waals surface area contributed by atoms with Crippen molar-refractivity contribution in [3.8, 4) is 0 Å². The number of carbonyl (C=O) groups is 1. The van der Waals surface area contributed by atoms with Gasteiger partial charge in [-0.25, -0.2) is 0 Å². The Labute approximate surface area is 165 Å². The van der Waals surface area contributed by atoms with E-state index in [2.05, 4.69) is 26.7 Å². The number of hydrogen-bond donors (Lipinski definition) is 1. The molecule has 1 aromatic heterocycles. The van der Waals surface area contributed by atoms with E-state index in [1.54, 1.807) is 0 Å². The van der Waals surface area contributed by atoms with E-state index in [-0.39, 0.29) is 5.91 Å². The smallest absolute Gasteiger partial charge is 0.230 e. The third-order valence-electron chi connectivity index (χ3n) is 7.08. The van der Waals surface area contributed by atoms with E-state index < -0.39 is 0 Å². The van der Waals surface area contributed by atoms with Crippen LogP contribution in [-0.2, 0) is 17.8 Å². The highest BCUT2D eigenvalue weighted by Gasteiger charge is 2.51. The maximum absolute atomic E-state index is 12.0. The van der Waals surface area contributed by atoms with Crippen LogP contribution in [0.25, 0.3) is 0 Å². The zero-order chi connectivity index (χ0) is 18.4. The molecule has 5 nitrogen and oxygen atoms in total. The Hall–Kier alpha value is -1.30. The topological polar surface area (TPSA) is 59.8 Å². The monoisotopic (exact) mass is 386 g/mol. The van der Waals surface area contributed by atoms with Crippen LogP contribution in [0.4, 0.5) is 0 Å². The first-order valence-electron chi connectivity index (χ1n) is 10.6. The quantitative estimate of drug-likeness (QED) is 0.548. The van der Waals surface area contributed by atoms with Crippen LogP contribution in [0.5, 0.6) is 0 Å². The predicted octanol–water partition coefficient (Wildman–Crippen LogP) is 3.59. The van der Waals surface area contributed by atoms with Crippen molar-refractivity contribution in [3.63, 3.8) is 0 Å². The summed E-state index contributed by atoms with van der Waals surface area (Å²) in [5.41, 5.74) is 0.450. The Morgan fingerprint density at radius 2 is 1.85 bits per heavy atom. The molecule has 4 bridgehead atoms. The van der Waals surface area contributed by atoms with E-state index in [1.807, 2.05) is 6.08 Å². The number of nitrogens with zero attached hydrogens (tertiary/aromatic N) is 3. The SMILES string of the molecule is C=CCn1c(CC23CC4CC(CC(C4)C2)C3)nnc1SCC(=O)NC1CC1. The summed E-state index contributed by atoms with van der Waals surface area (Å²) < 4.78 is 2.20. The fourth-order valence-electron chi connectivity index (χ4n) is 6.34. The summed E-state index contributed by atoms with van der Waals surface area (Å²) in [4.78, 5) is 12.0. The molecule has 1 amide bonds. The number of nitrogens with one attached hydrogen (secondary N) is 1. The molecule has 0 atom stereocenters. The van der Waals surface area contributed by atoms with Gasteiger partial charge in [-0.05, 0) is 74.5 Å². The Balaban J connectivity index is 1.29. The minimum atomic E-state index is 0.110. The molecule has 5 aliphatic rings. The van der Waals surface area contributed by atoms with Gasteiger partial charge in [-0.3, -0.25) is 4.79 Å². The normalized spacial score (nSPS) is 34.0. The van der Waals surface area contributed by atoms with Crippen LogP contribution in [0.1, 0.15) is 57.2 Å². The number of thioether (sulfide) groups is 1. The van der Waals surface area contributed by atoms with Crippen molar-refractivity contribution in [3.05, 3.63) is 18.5 Å². The predicted molar refractivity (Wildman–Crippen MR) is 106 cm³/mol. The van der Waals surface area contributed by atoms with E-state index in [9.17, 15) is 4.79 Å². The van der Waals surface area contributed by atoms with Gasteiger partial charge in [-0.1, -0.05) is 17.8 Å². The second-order valence-corrected chi connectivity index (χ2v) is 10.5. The van der Waals surface area contributed by atoms with Gasteiger partial charge in [0.05, 0.1) is 5.75 Å². The molecule has 5 aliphatic carbocycles. The van der Waals surface area contributed by atoms with Gasteiger partial charge in [0.15, 0.2) is 5.16 Å². The van der Waals surface area contributed by atoms with Gasteiger partial charge in [-0.2, -0.15) is 0 Å². The minimum Gasteiger partial charge on any atom is -0.353 e. The Bertz CT molecular complexity index is 703. The van der Waals surface area contributed by atoms with Crippen LogP contribution in [0.15, 0.2) is 17.8 Å². The first-order chi connectivity index (χ1) is 13.1. The molecular formula is C21H30N4OS. The number of rotatable bonds is 8. The molecule has 0 aliphatic heterocycles. The molecule has 5 saturated carbocycles. The largest absolute Gasteiger partial charge is 0.353 e. The van der Waals surface area contributed by atoms with Crippen molar-refractivity contribution < 1.29 is 4.79 Å². The molecule has 0 saturated heterocycles. The first kappa shape index (κ1) is 17.8. The number of allylic oxidation sites excluding steroid dienone is 1. The van der Waals surface area contributed by atoms with Crippen molar-refractivity contribution in [1.29, 1.82) is 0 Å². The third kappa shape index (κ3) is 3.69. The third-order valence-corrected chi connectivity index (χ3v) is 8.04. The number of carbonyl (C=O) groups excluding carboxylic acids is 1. The van der Waals surface area contributed by atoms with E-state index in [0.29, 0.717) is 17.2 Å². The van der Waals surface area contributed by atoms with Gasteiger partial charge in [0.2, 0.25) is 5.91 Å². The highest BCUT2D eigenvalue weighted by atomic mass is 32.2. The van der Waals surface area contributed by atoms with Gasteiger partial charge in [0.25, 0.3) is 0 Å². The molecule has 5 fully saturated rings. The van der Waals surface area contributed by atoms with E-state index >= 15 is 0 Å². The molecule has 0 unspecified atom stereocenters. The summed E-state index contributed by atoms with van der Waals surface area (Å²) in [7, 11) is 0. The van der Waals surface area contributed by atoms with Crippen molar-refractivity contribution in [1.82, 2.24) is 20.1 Å². The van der Waals surface area contributed by atoms with Crippen molar-refractivity contribution in [2.45, 2.75) is 75.5 Å². The van der Waals surface area contributed by atoms with E-state index in [4.69, 9.17) is 0 Å². The average molecular weight is 387 g/mol. The molecule has 0 radical (unpaired) electrons. The second-order valence-electron chi connectivity index (χ2n) is 9.52. The molecule has 1 N–H and O–H groups in total. The van der Waals surface area contributed by atoms with Crippen LogP contribution in [-0.4, -0.2) is 32.5 Å². The van der Waals surface area contributed by atoms with Crippen LogP contribution >= 0.6 is 11.8 Å². The van der Waals surface area contributed by atoms with Crippen molar-refractivity contribution in [2.24, 2.45) is 23.2 Å². The summed E-state index contributed by atoms with van der Waals surface area (Å²) in [6, 6.07) is 0.413. The van der Waals surface area contributed by atoms with Crippen LogP contribution in [0.2, 0.25) is 0 Å². The number of amides is 1. The maximum Gasteiger partial charge on any atom is 0.230 e. The number of aromatic nitrogens is 3. The van der Waals surface area contributed by atoms with Gasteiger partial charge < -0.3 is 9.88 Å². The summed E-state index contributed by atoms with van der Waals surface area (Å²) in [6.07, 6.45) is 13.8. The Morgan fingerprint density at radius 3 is 2.44 bits per heavy atom. The molecule has 1 aromatic rings. The fourth-order valence-corrected chi connectivity index (χ4v) is 7.12.